The molecule has 0 saturated heterocycles. The minimum atomic E-state index is -0.296. The van der Waals surface area contributed by atoms with E-state index in [2.05, 4.69) is 54.7 Å². The van der Waals surface area contributed by atoms with E-state index in [0.29, 0.717) is 12.1 Å². The minimum Gasteiger partial charge on any atom is -0.307 e. The Kier molecular flexibility index (Phi) is 3.77. The third-order valence-electron chi connectivity index (χ3n) is 4.52. The first-order chi connectivity index (χ1) is 10.2. The SMILES string of the molecule is C[C@@H](NC1CC(C#N)(c2ccccc2)C1)c1ccccc1. The van der Waals surface area contributed by atoms with E-state index in [1.54, 1.807) is 0 Å². The molecule has 0 unspecified atom stereocenters. The minimum absolute atomic E-state index is 0.296. The monoisotopic (exact) mass is 276 g/mol. The van der Waals surface area contributed by atoms with Crippen molar-refractivity contribution in [1.82, 2.24) is 5.32 Å². The highest BCUT2D eigenvalue weighted by Crippen LogP contribution is 2.44. The molecule has 0 heterocycles. The highest BCUT2D eigenvalue weighted by Gasteiger charge is 2.46. The lowest BCUT2D eigenvalue weighted by Crippen LogP contribution is -2.51. The molecule has 0 radical (unpaired) electrons. The molecular formula is C19H20N2. The number of nitrogens with zero attached hydrogens (tertiary/aromatic N) is 1. The second kappa shape index (κ2) is 5.71. The summed E-state index contributed by atoms with van der Waals surface area (Å²) in [6.45, 7) is 2.18. The van der Waals surface area contributed by atoms with Crippen LogP contribution >= 0.6 is 0 Å². The van der Waals surface area contributed by atoms with Crippen LogP contribution in [0.25, 0.3) is 0 Å². The van der Waals surface area contributed by atoms with Gasteiger partial charge in [0.1, 0.15) is 0 Å². The lowest BCUT2D eigenvalue weighted by atomic mass is 9.62. The zero-order chi connectivity index (χ0) is 14.7. The van der Waals surface area contributed by atoms with Gasteiger partial charge in [-0.15, -0.1) is 0 Å². The Morgan fingerprint density at radius 1 is 1.05 bits per heavy atom. The quantitative estimate of drug-likeness (QED) is 0.917. The maximum absolute atomic E-state index is 9.58. The highest BCUT2D eigenvalue weighted by atomic mass is 15.0. The number of rotatable bonds is 4. The molecule has 1 atom stereocenters. The second-order valence-corrected chi connectivity index (χ2v) is 5.96. The Bertz CT molecular complexity index is 622. The van der Waals surface area contributed by atoms with Gasteiger partial charge in [0.2, 0.25) is 0 Å². The van der Waals surface area contributed by atoms with Gasteiger partial charge < -0.3 is 5.32 Å². The summed E-state index contributed by atoms with van der Waals surface area (Å²) >= 11 is 0. The molecular weight excluding hydrogens is 256 g/mol. The Hall–Kier alpha value is -2.11. The zero-order valence-electron chi connectivity index (χ0n) is 12.3. The van der Waals surface area contributed by atoms with Crippen molar-refractivity contribution in [3.63, 3.8) is 0 Å². The average Bonchev–Trinajstić information content (AvgIpc) is 2.52. The first-order valence-electron chi connectivity index (χ1n) is 7.51. The smallest absolute Gasteiger partial charge is 0.0852 e. The summed E-state index contributed by atoms with van der Waals surface area (Å²) in [5, 5.41) is 13.2. The molecule has 0 bridgehead atoms. The maximum atomic E-state index is 9.58. The predicted octanol–water partition coefficient (Wildman–Crippen LogP) is 3.96. The van der Waals surface area contributed by atoms with Crippen LogP contribution in [0.5, 0.6) is 0 Å². The summed E-state index contributed by atoms with van der Waals surface area (Å²) in [5.41, 5.74) is 2.15. The molecule has 1 N–H and O–H groups in total. The maximum Gasteiger partial charge on any atom is 0.0852 e. The summed E-state index contributed by atoms with van der Waals surface area (Å²) in [6.07, 6.45) is 1.79. The van der Waals surface area contributed by atoms with Gasteiger partial charge in [-0.05, 0) is 30.9 Å². The summed E-state index contributed by atoms with van der Waals surface area (Å²) in [5.74, 6) is 0. The Morgan fingerprint density at radius 2 is 1.62 bits per heavy atom. The molecule has 2 aromatic rings. The van der Waals surface area contributed by atoms with Crippen LogP contribution in [-0.4, -0.2) is 6.04 Å². The zero-order valence-corrected chi connectivity index (χ0v) is 12.3. The van der Waals surface area contributed by atoms with E-state index in [1.165, 1.54) is 5.56 Å². The van der Waals surface area contributed by atoms with E-state index in [-0.39, 0.29) is 5.41 Å². The first kappa shape index (κ1) is 13.9. The largest absolute Gasteiger partial charge is 0.307 e. The van der Waals surface area contributed by atoms with E-state index < -0.39 is 0 Å². The topological polar surface area (TPSA) is 35.8 Å². The van der Waals surface area contributed by atoms with Gasteiger partial charge in [0.15, 0.2) is 0 Å². The van der Waals surface area contributed by atoms with Gasteiger partial charge in [-0.3, -0.25) is 0 Å². The summed E-state index contributed by atoms with van der Waals surface area (Å²) in [4.78, 5) is 0. The number of hydrogen-bond acceptors (Lipinski definition) is 2. The molecule has 2 heteroatoms. The first-order valence-corrected chi connectivity index (χ1v) is 7.51. The van der Waals surface area contributed by atoms with E-state index in [0.717, 1.165) is 18.4 Å². The Morgan fingerprint density at radius 3 is 2.19 bits per heavy atom. The van der Waals surface area contributed by atoms with Crippen LogP contribution in [0.3, 0.4) is 0 Å². The predicted molar refractivity (Wildman–Crippen MR) is 84.7 cm³/mol. The van der Waals surface area contributed by atoms with Gasteiger partial charge in [0.05, 0.1) is 11.5 Å². The van der Waals surface area contributed by atoms with Crippen molar-refractivity contribution in [1.29, 1.82) is 5.26 Å². The molecule has 2 aromatic carbocycles. The van der Waals surface area contributed by atoms with Crippen LogP contribution in [0.2, 0.25) is 0 Å². The third-order valence-corrected chi connectivity index (χ3v) is 4.52. The van der Waals surface area contributed by atoms with Crippen molar-refractivity contribution in [2.24, 2.45) is 0 Å². The highest BCUT2D eigenvalue weighted by molar-refractivity contribution is 5.37. The van der Waals surface area contributed by atoms with E-state index >= 15 is 0 Å². The molecule has 0 aromatic heterocycles. The molecule has 2 nitrogen and oxygen atoms in total. The van der Waals surface area contributed by atoms with E-state index in [1.807, 2.05) is 24.3 Å². The fourth-order valence-electron chi connectivity index (χ4n) is 3.24. The standard InChI is InChI=1S/C19H20N2/c1-15(16-8-4-2-5-9-16)21-18-12-19(13-18,14-20)17-10-6-3-7-11-17/h2-11,15,18,21H,12-13H2,1H3/t15-,18?,19?/m1/s1. The molecule has 1 fully saturated rings. The van der Waals surface area contributed by atoms with Gasteiger partial charge in [-0.2, -0.15) is 5.26 Å². The van der Waals surface area contributed by atoms with Crippen LogP contribution in [0.4, 0.5) is 0 Å². The Balaban J connectivity index is 1.64. The Labute approximate surface area is 126 Å². The van der Waals surface area contributed by atoms with Gasteiger partial charge in [-0.25, -0.2) is 0 Å². The number of hydrogen-bond donors (Lipinski definition) is 1. The van der Waals surface area contributed by atoms with E-state index in [9.17, 15) is 5.26 Å². The molecule has 21 heavy (non-hydrogen) atoms. The normalized spacial score (nSPS) is 25.6. The van der Waals surface area contributed by atoms with Crippen molar-refractivity contribution in [2.75, 3.05) is 0 Å². The summed E-state index contributed by atoms with van der Waals surface area (Å²) in [7, 11) is 0. The van der Waals surface area contributed by atoms with Crippen LogP contribution in [-0.2, 0) is 5.41 Å². The van der Waals surface area contributed by atoms with Crippen LogP contribution < -0.4 is 5.32 Å². The third kappa shape index (κ3) is 2.70. The fraction of sp³-hybridized carbons (Fsp3) is 0.316. The van der Waals surface area contributed by atoms with Gasteiger partial charge in [0, 0.05) is 12.1 Å². The molecule has 0 spiro atoms. The van der Waals surface area contributed by atoms with Gasteiger partial charge in [0.25, 0.3) is 0 Å². The molecule has 1 aliphatic carbocycles. The summed E-state index contributed by atoms with van der Waals surface area (Å²) < 4.78 is 0. The molecule has 1 aliphatic rings. The van der Waals surface area contributed by atoms with Crippen LogP contribution in [0, 0.1) is 11.3 Å². The van der Waals surface area contributed by atoms with Crippen molar-refractivity contribution in [2.45, 2.75) is 37.3 Å². The van der Waals surface area contributed by atoms with Crippen LogP contribution in [0.15, 0.2) is 60.7 Å². The molecule has 0 aliphatic heterocycles. The molecule has 3 rings (SSSR count). The van der Waals surface area contributed by atoms with Crippen LogP contribution in [0.1, 0.15) is 36.9 Å². The average molecular weight is 276 g/mol. The van der Waals surface area contributed by atoms with Crippen molar-refractivity contribution in [3.8, 4) is 6.07 Å². The van der Waals surface area contributed by atoms with E-state index in [4.69, 9.17) is 0 Å². The number of benzene rings is 2. The number of nitrogens with one attached hydrogen (secondary N) is 1. The lowest BCUT2D eigenvalue weighted by molar-refractivity contribution is 0.213. The fourth-order valence-corrected chi connectivity index (χ4v) is 3.24. The molecule has 1 saturated carbocycles. The molecule has 0 amide bonds. The summed E-state index contributed by atoms with van der Waals surface area (Å²) in [6, 6.07) is 23.9. The second-order valence-electron chi connectivity index (χ2n) is 5.96. The molecule has 106 valence electrons. The lowest BCUT2D eigenvalue weighted by Gasteiger charge is -2.44. The van der Waals surface area contributed by atoms with Crippen molar-refractivity contribution >= 4 is 0 Å². The van der Waals surface area contributed by atoms with Crippen molar-refractivity contribution < 1.29 is 0 Å². The van der Waals surface area contributed by atoms with Gasteiger partial charge >= 0.3 is 0 Å². The number of nitriles is 1. The van der Waals surface area contributed by atoms with Crippen molar-refractivity contribution in [3.05, 3.63) is 71.8 Å². The van der Waals surface area contributed by atoms with Gasteiger partial charge in [-0.1, -0.05) is 60.7 Å².